The molecule has 0 amide bonds. The molecule has 2 aliphatic heterocycles. The molecular formula is C29H33N5O4. The minimum atomic E-state index is -0.119. The monoisotopic (exact) mass is 515 g/mol. The van der Waals surface area contributed by atoms with Crippen molar-refractivity contribution in [3.05, 3.63) is 54.0 Å². The molecule has 3 N–H and O–H groups in total. The van der Waals surface area contributed by atoms with Crippen LogP contribution in [0.1, 0.15) is 43.2 Å². The van der Waals surface area contributed by atoms with Gasteiger partial charge in [-0.1, -0.05) is 6.07 Å². The fourth-order valence-electron chi connectivity index (χ4n) is 4.72. The molecule has 4 heterocycles. The third-order valence-corrected chi connectivity index (χ3v) is 6.81. The molecule has 198 valence electrons. The Morgan fingerprint density at radius 3 is 2.89 bits per heavy atom. The molecule has 0 bridgehead atoms. The molecule has 0 aliphatic carbocycles. The number of nitrogens with one attached hydrogen (secondary N) is 1. The van der Waals surface area contributed by atoms with E-state index in [-0.39, 0.29) is 12.4 Å². The summed E-state index contributed by atoms with van der Waals surface area (Å²) in [5, 5.41) is 10.7. The van der Waals surface area contributed by atoms with Crippen LogP contribution in [0.3, 0.4) is 0 Å². The summed E-state index contributed by atoms with van der Waals surface area (Å²) in [5.74, 6) is 0.602. The van der Waals surface area contributed by atoms with E-state index in [0.717, 1.165) is 72.0 Å². The Morgan fingerprint density at radius 2 is 2.11 bits per heavy atom. The van der Waals surface area contributed by atoms with Gasteiger partial charge in [-0.15, -0.1) is 0 Å². The molecule has 1 unspecified atom stereocenters. The maximum absolute atomic E-state index is 9.80. The van der Waals surface area contributed by atoms with Crippen molar-refractivity contribution in [1.29, 1.82) is 5.26 Å². The van der Waals surface area contributed by atoms with Crippen molar-refractivity contribution in [2.45, 2.75) is 44.5 Å². The first-order valence-corrected chi connectivity index (χ1v) is 13.2. The number of hydrogen-bond donors (Lipinski definition) is 2. The number of hydrogen-bond acceptors (Lipinski definition) is 8. The van der Waals surface area contributed by atoms with E-state index in [1.54, 1.807) is 12.4 Å². The summed E-state index contributed by atoms with van der Waals surface area (Å²) in [4.78, 5) is 12.3. The van der Waals surface area contributed by atoms with Crippen molar-refractivity contribution in [2.24, 2.45) is 10.7 Å². The smallest absolute Gasteiger partial charge is 0.157 e. The van der Waals surface area contributed by atoms with Crippen LogP contribution in [0.4, 0.5) is 0 Å². The van der Waals surface area contributed by atoms with Crippen LogP contribution in [0.2, 0.25) is 0 Å². The maximum atomic E-state index is 9.80. The molecule has 2 aliphatic rings. The summed E-state index contributed by atoms with van der Waals surface area (Å²) < 4.78 is 22.9. The molecule has 9 heteroatoms. The van der Waals surface area contributed by atoms with E-state index in [1.807, 2.05) is 30.5 Å². The number of benzene rings is 1. The van der Waals surface area contributed by atoms with Gasteiger partial charge in [0, 0.05) is 66.3 Å². The van der Waals surface area contributed by atoms with Crippen molar-refractivity contribution in [3.8, 4) is 22.9 Å². The number of allylic oxidation sites excluding steroid dienone is 1. The number of ether oxygens (including phenoxy) is 4. The Balaban J connectivity index is 1.30. The van der Waals surface area contributed by atoms with Crippen LogP contribution in [0.25, 0.3) is 27.7 Å². The Bertz CT molecular complexity index is 1330. The summed E-state index contributed by atoms with van der Waals surface area (Å²) in [6.45, 7) is 3.14. The van der Waals surface area contributed by atoms with Crippen molar-refractivity contribution in [1.82, 2.24) is 9.97 Å². The summed E-state index contributed by atoms with van der Waals surface area (Å²) in [5.41, 5.74) is 10.6. The molecule has 2 aromatic heterocycles. The minimum Gasteiger partial charge on any atom is -0.489 e. The van der Waals surface area contributed by atoms with Gasteiger partial charge in [-0.05, 0) is 43.0 Å². The van der Waals surface area contributed by atoms with Crippen LogP contribution in [0, 0.1) is 11.3 Å². The number of aromatic nitrogens is 2. The predicted molar refractivity (Wildman–Crippen MR) is 146 cm³/mol. The van der Waals surface area contributed by atoms with Crippen LogP contribution < -0.4 is 10.5 Å². The van der Waals surface area contributed by atoms with Gasteiger partial charge in [0.2, 0.25) is 0 Å². The topological polar surface area (TPSA) is 128 Å². The van der Waals surface area contributed by atoms with Gasteiger partial charge in [0.05, 0.1) is 31.9 Å². The van der Waals surface area contributed by atoms with Gasteiger partial charge in [-0.25, -0.2) is 4.98 Å². The van der Waals surface area contributed by atoms with Crippen molar-refractivity contribution in [2.75, 3.05) is 33.0 Å². The van der Waals surface area contributed by atoms with Gasteiger partial charge in [0.25, 0.3) is 0 Å². The van der Waals surface area contributed by atoms with Crippen molar-refractivity contribution < 1.29 is 18.9 Å². The number of pyridine rings is 1. The highest BCUT2D eigenvalue weighted by atomic mass is 16.7. The predicted octanol–water partition coefficient (Wildman–Crippen LogP) is 4.57. The number of H-pyrrole nitrogens is 1. The molecule has 2 saturated heterocycles. The number of nitrogens with two attached hydrogens (primary N) is 1. The minimum absolute atomic E-state index is 0.0665. The lowest BCUT2D eigenvalue weighted by Crippen LogP contribution is -2.26. The lowest BCUT2D eigenvalue weighted by molar-refractivity contribution is -0.160. The zero-order valence-corrected chi connectivity index (χ0v) is 21.4. The molecule has 5 rings (SSSR count). The quantitative estimate of drug-likeness (QED) is 0.315. The standard InChI is InChI=1S/C29H33N5O4/c30-15-21-13-20(4-5-27(21)38-24-6-10-35-11-7-24)26-19-34-29-25(26)14-22(18-33-29)23(16-31)17-32-8-12-37-28-3-1-2-9-36-28/h4-5,13-14,16-19,24,28H,1-3,6-12,31H2,(H,33,34). The van der Waals surface area contributed by atoms with Gasteiger partial charge in [-0.3, -0.25) is 4.99 Å². The molecule has 0 radical (unpaired) electrons. The van der Waals surface area contributed by atoms with E-state index >= 15 is 0 Å². The lowest BCUT2D eigenvalue weighted by atomic mass is 10.0. The molecule has 1 atom stereocenters. The molecule has 0 saturated carbocycles. The molecule has 9 nitrogen and oxygen atoms in total. The second-order valence-corrected chi connectivity index (χ2v) is 9.40. The van der Waals surface area contributed by atoms with E-state index < -0.39 is 0 Å². The average molecular weight is 516 g/mol. The number of aliphatic imine (C=N–C) groups is 1. The van der Waals surface area contributed by atoms with Gasteiger partial charge >= 0.3 is 0 Å². The van der Waals surface area contributed by atoms with Gasteiger partial charge < -0.3 is 29.7 Å². The van der Waals surface area contributed by atoms with Crippen LogP contribution in [-0.4, -0.2) is 61.5 Å². The highest BCUT2D eigenvalue weighted by Gasteiger charge is 2.18. The van der Waals surface area contributed by atoms with Gasteiger partial charge in [-0.2, -0.15) is 5.26 Å². The van der Waals surface area contributed by atoms with Crippen LogP contribution in [0.15, 0.2) is 47.9 Å². The average Bonchev–Trinajstić information content (AvgIpc) is 3.40. The fourth-order valence-corrected chi connectivity index (χ4v) is 4.72. The summed E-state index contributed by atoms with van der Waals surface area (Å²) in [6.07, 6.45) is 11.7. The summed E-state index contributed by atoms with van der Waals surface area (Å²) >= 11 is 0. The van der Waals surface area contributed by atoms with E-state index in [9.17, 15) is 5.26 Å². The van der Waals surface area contributed by atoms with E-state index in [0.29, 0.717) is 37.7 Å². The third-order valence-electron chi connectivity index (χ3n) is 6.81. The van der Waals surface area contributed by atoms with E-state index in [4.69, 9.17) is 24.7 Å². The van der Waals surface area contributed by atoms with Gasteiger partial charge in [0.1, 0.15) is 23.6 Å². The van der Waals surface area contributed by atoms with Crippen molar-refractivity contribution in [3.63, 3.8) is 0 Å². The fraction of sp³-hybridized carbons (Fsp3) is 0.414. The Labute approximate surface area is 222 Å². The van der Waals surface area contributed by atoms with Crippen LogP contribution in [-0.2, 0) is 14.2 Å². The second-order valence-electron chi connectivity index (χ2n) is 9.40. The van der Waals surface area contributed by atoms with Gasteiger partial charge in [0.15, 0.2) is 6.29 Å². The zero-order valence-electron chi connectivity index (χ0n) is 21.4. The Kier molecular flexibility index (Phi) is 8.66. The van der Waals surface area contributed by atoms with E-state index in [2.05, 4.69) is 21.0 Å². The first-order valence-electron chi connectivity index (χ1n) is 13.2. The summed E-state index contributed by atoms with van der Waals surface area (Å²) in [7, 11) is 0. The van der Waals surface area contributed by atoms with E-state index in [1.165, 1.54) is 6.20 Å². The largest absolute Gasteiger partial charge is 0.489 e. The second kappa shape index (κ2) is 12.7. The van der Waals surface area contributed by atoms with Crippen LogP contribution >= 0.6 is 0 Å². The molecular weight excluding hydrogens is 482 g/mol. The zero-order chi connectivity index (χ0) is 26.2. The Morgan fingerprint density at radius 1 is 1.21 bits per heavy atom. The number of fused-ring (bicyclic) bond motifs is 1. The number of aromatic amines is 1. The highest BCUT2D eigenvalue weighted by Crippen LogP contribution is 2.33. The molecule has 38 heavy (non-hydrogen) atoms. The number of nitrogens with zero attached hydrogens (tertiary/aromatic N) is 3. The SMILES string of the molecule is N#Cc1cc(-c2c[nH]c3ncc(C(C=NCCOC4CCCCO4)=CN)cc23)ccc1OC1CCOCC1. The number of nitriles is 1. The third kappa shape index (κ3) is 6.22. The normalized spacial score (nSPS) is 19.1. The molecule has 3 aromatic rings. The number of rotatable bonds is 9. The first kappa shape index (κ1) is 25.9. The maximum Gasteiger partial charge on any atom is 0.157 e. The van der Waals surface area contributed by atoms with Crippen LogP contribution in [0.5, 0.6) is 5.75 Å². The first-order chi connectivity index (χ1) is 18.7. The Hall–Kier alpha value is -3.71. The molecule has 1 aromatic carbocycles. The molecule has 0 spiro atoms. The highest BCUT2D eigenvalue weighted by molar-refractivity contribution is 6.10. The van der Waals surface area contributed by atoms with Crippen molar-refractivity contribution >= 4 is 22.8 Å². The summed E-state index contributed by atoms with van der Waals surface area (Å²) in [6, 6.07) is 10.0. The lowest BCUT2D eigenvalue weighted by Gasteiger charge is -2.23. The molecule has 2 fully saturated rings.